The van der Waals surface area contributed by atoms with Gasteiger partial charge in [0.15, 0.2) is 0 Å². The fraction of sp³-hybridized carbons (Fsp3) is 0.0667. The maximum absolute atomic E-state index is 12.8. The quantitative estimate of drug-likeness (QED) is 0.573. The summed E-state index contributed by atoms with van der Waals surface area (Å²) < 4.78 is 17.9. The van der Waals surface area contributed by atoms with Crippen molar-refractivity contribution in [3.63, 3.8) is 0 Å². The molecule has 0 bridgehead atoms. The second-order valence-electron chi connectivity index (χ2n) is 4.68. The Labute approximate surface area is 129 Å². The molecule has 116 valence electrons. The summed E-state index contributed by atoms with van der Waals surface area (Å²) in [6.45, 7) is 0.257. The van der Waals surface area contributed by atoms with E-state index in [0.717, 1.165) is 0 Å². The van der Waals surface area contributed by atoms with Crippen LogP contribution < -0.4 is 5.32 Å². The number of aromatic nitrogens is 2. The minimum Gasteiger partial charge on any atom is -0.376 e. The largest absolute Gasteiger partial charge is 0.376 e. The molecule has 0 unspecified atom stereocenters. The number of nitro groups is 1. The molecule has 3 rings (SSSR count). The number of nitrogens with one attached hydrogen (secondary N) is 1. The third kappa shape index (κ3) is 3.49. The number of non-ortho nitro benzene ring substituents is 1. The lowest BCUT2D eigenvalue weighted by atomic mass is 10.2. The molecule has 0 spiro atoms. The molecule has 0 aliphatic rings. The molecule has 0 aliphatic heterocycles. The zero-order valence-electron chi connectivity index (χ0n) is 11.8. The van der Waals surface area contributed by atoms with Crippen LogP contribution in [0.25, 0.3) is 11.4 Å². The van der Waals surface area contributed by atoms with Gasteiger partial charge in [-0.3, -0.25) is 10.1 Å². The van der Waals surface area contributed by atoms with Crippen molar-refractivity contribution >= 4 is 11.4 Å². The second kappa shape index (κ2) is 6.22. The van der Waals surface area contributed by atoms with Gasteiger partial charge in [-0.25, -0.2) is 4.39 Å². The Morgan fingerprint density at radius 2 is 2.00 bits per heavy atom. The van der Waals surface area contributed by atoms with Crippen molar-refractivity contribution in [3.05, 3.63) is 70.4 Å². The van der Waals surface area contributed by atoms with Crippen LogP contribution in [-0.4, -0.2) is 15.1 Å². The molecule has 7 nitrogen and oxygen atoms in total. The van der Waals surface area contributed by atoms with Crippen LogP contribution in [0.2, 0.25) is 0 Å². The lowest BCUT2D eigenvalue weighted by molar-refractivity contribution is -0.384. The molecular formula is C15H11FN4O3. The second-order valence-corrected chi connectivity index (χ2v) is 4.68. The first-order valence-electron chi connectivity index (χ1n) is 6.69. The molecule has 0 aliphatic carbocycles. The summed E-state index contributed by atoms with van der Waals surface area (Å²) in [5.74, 6) is 0.265. The van der Waals surface area contributed by atoms with Crippen LogP contribution in [0.1, 0.15) is 5.89 Å². The predicted octanol–water partition coefficient (Wildman–Crippen LogP) is 3.40. The van der Waals surface area contributed by atoms with E-state index in [1.165, 1.54) is 24.3 Å². The monoisotopic (exact) mass is 314 g/mol. The van der Waals surface area contributed by atoms with Crippen molar-refractivity contribution in [1.29, 1.82) is 0 Å². The van der Waals surface area contributed by atoms with Gasteiger partial charge in [0.05, 0.1) is 11.5 Å². The SMILES string of the molecule is O=[N+]([O-])c1cccc(-c2noc(CNc3ccc(F)cc3)n2)c1. The van der Waals surface area contributed by atoms with E-state index in [0.29, 0.717) is 17.1 Å². The van der Waals surface area contributed by atoms with Crippen molar-refractivity contribution in [2.75, 3.05) is 5.32 Å². The van der Waals surface area contributed by atoms with E-state index in [9.17, 15) is 14.5 Å². The molecule has 1 N–H and O–H groups in total. The third-order valence-electron chi connectivity index (χ3n) is 3.07. The zero-order valence-corrected chi connectivity index (χ0v) is 11.8. The lowest BCUT2D eigenvalue weighted by Gasteiger charge is -2.02. The Balaban J connectivity index is 1.71. The standard InChI is InChI=1S/C15H11FN4O3/c16-11-4-6-12(7-5-11)17-9-14-18-15(19-23-14)10-2-1-3-13(8-10)20(21)22/h1-8,17H,9H2. The minimum absolute atomic E-state index is 0.0433. The van der Waals surface area contributed by atoms with E-state index in [1.54, 1.807) is 24.3 Å². The van der Waals surface area contributed by atoms with E-state index >= 15 is 0 Å². The van der Waals surface area contributed by atoms with Crippen molar-refractivity contribution in [1.82, 2.24) is 10.1 Å². The molecule has 0 saturated carbocycles. The maximum atomic E-state index is 12.8. The number of nitro benzene ring substituents is 1. The van der Waals surface area contributed by atoms with E-state index in [-0.39, 0.29) is 23.9 Å². The Morgan fingerprint density at radius 3 is 2.74 bits per heavy atom. The normalized spacial score (nSPS) is 10.5. The van der Waals surface area contributed by atoms with Crippen LogP contribution in [0.15, 0.2) is 53.1 Å². The third-order valence-corrected chi connectivity index (χ3v) is 3.07. The maximum Gasteiger partial charge on any atom is 0.270 e. The van der Waals surface area contributed by atoms with Gasteiger partial charge in [0.1, 0.15) is 5.82 Å². The van der Waals surface area contributed by atoms with Crippen molar-refractivity contribution in [3.8, 4) is 11.4 Å². The van der Waals surface area contributed by atoms with Gasteiger partial charge in [0.2, 0.25) is 11.7 Å². The van der Waals surface area contributed by atoms with Gasteiger partial charge < -0.3 is 9.84 Å². The van der Waals surface area contributed by atoms with Crippen molar-refractivity contribution in [2.24, 2.45) is 0 Å². The van der Waals surface area contributed by atoms with Crippen LogP contribution in [0.5, 0.6) is 0 Å². The summed E-state index contributed by atoms with van der Waals surface area (Å²) in [6.07, 6.45) is 0. The van der Waals surface area contributed by atoms with Gasteiger partial charge in [0.25, 0.3) is 5.69 Å². The van der Waals surface area contributed by atoms with Crippen molar-refractivity contribution in [2.45, 2.75) is 6.54 Å². The van der Waals surface area contributed by atoms with Gasteiger partial charge in [0, 0.05) is 23.4 Å². The molecule has 3 aromatic rings. The van der Waals surface area contributed by atoms with E-state index in [1.807, 2.05) is 0 Å². The summed E-state index contributed by atoms with van der Waals surface area (Å²) >= 11 is 0. The summed E-state index contributed by atoms with van der Waals surface area (Å²) in [5.41, 5.74) is 1.16. The number of halogens is 1. The number of nitrogens with zero attached hydrogens (tertiary/aromatic N) is 3. The average Bonchev–Trinajstić information content (AvgIpc) is 3.03. The summed E-state index contributed by atoms with van der Waals surface area (Å²) in [7, 11) is 0. The van der Waals surface area contributed by atoms with Gasteiger partial charge in [-0.1, -0.05) is 17.3 Å². The summed E-state index contributed by atoms with van der Waals surface area (Å²) in [5, 5.41) is 17.6. The molecule has 8 heteroatoms. The molecule has 0 radical (unpaired) electrons. The highest BCUT2D eigenvalue weighted by molar-refractivity contribution is 5.58. The smallest absolute Gasteiger partial charge is 0.270 e. The van der Waals surface area contributed by atoms with Gasteiger partial charge in [-0.15, -0.1) is 0 Å². The number of hydrogen-bond acceptors (Lipinski definition) is 6. The number of benzene rings is 2. The molecular weight excluding hydrogens is 303 g/mol. The lowest BCUT2D eigenvalue weighted by Crippen LogP contribution is -1.99. The van der Waals surface area contributed by atoms with Crippen LogP contribution in [0.4, 0.5) is 15.8 Å². The molecule has 0 fully saturated rings. The first kappa shape index (κ1) is 14.6. The number of rotatable bonds is 5. The Bertz CT molecular complexity index is 833. The first-order chi connectivity index (χ1) is 11.1. The molecule has 23 heavy (non-hydrogen) atoms. The fourth-order valence-corrected chi connectivity index (χ4v) is 1.95. The first-order valence-corrected chi connectivity index (χ1v) is 6.69. The molecule has 0 atom stereocenters. The predicted molar refractivity (Wildman–Crippen MR) is 80.1 cm³/mol. The molecule has 0 saturated heterocycles. The average molecular weight is 314 g/mol. The topological polar surface area (TPSA) is 94.1 Å². The van der Waals surface area contributed by atoms with Crippen LogP contribution in [0, 0.1) is 15.9 Å². The van der Waals surface area contributed by atoms with E-state index in [2.05, 4.69) is 15.5 Å². The Kier molecular flexibility index (Phi) is 3.96. The summed E-state index contributed by atoms with van der Waals surface area (Å²) in [4.78, 5) is 14.5. The highest BCUT2D eigenvalue weighted by Crippen LogP contribution is 2.21. The zero-order chi connectivity index (χ0) is 16.2. The Hall–Kier alpha value is -3.29. The molecule has 1 heterocycles. The van der Waals surface area contributed by atoms with Gasteiger partial charge in [-0.05, 0) is 24.3 Å². The molecule has 2 aromatic carbocycles. The van der Waals surface area contributed by atoms with Crippen LogP contribution in [0.3, 0.4) is 0 Å². The fourth-order valence-electron chi connectivity index (χ4n) is 1.95. The highest BCUT2D eigenvalue weighted by Gasteiger charge is 2.12. The van der Waals surface area contributed by atoms with Crippen molar-refractivity contribution < 1.29 is 13.8 Å². The number of hydrogen-bond donors (Lipinski definition) is 1. The van der Waals surface area contributed by atoms with Gasteiger partial charge >= 0.3 is 0 Å². The van der Waals surface area contributed by atoms with E-state index < -0.39 is 4.92 Å². The Morgan fingerprint density at radius 1 is 1.22 bits per heavy atom. The number of anilines is 1. The minimum atomic E-state index is -0.486. The van der Waals surface area contributed by atoms with Crippen LogP contribution in [-0.2, 0) is 6.54 Å². The van der Waals surface area contributed by atoms with Gasteiger partial charge in [-0.2, -0.15) is 4.98 Å². The van der Waals surface area contributed by atoms with E-state index in [4.69, 9.17) is 4.52 Å². The molecule has 1 aromatic heterocycles. The highest BCUT2D eigenvalue weighted by atomic mass is 19.1. The summed E-state index contributed by atoms with van der Waals surface area (Å²) in [6, 6.07) is 11.8. The molecule has 0 amide bonds. The van der Waals surface area contributed by atoms with Crippen LogP contribution >= 0.6 is 0 Å².